The van der Waals surface area contributed by atoms with Crippen molar-refractivity contribution in [2.24, 2.45) is 0 Å². The van der Waals surface area contributed by atoms with Gasteiger partial charge in [-0.1, -0.05) is 0 Å². The third kappa shape index (κ3) is 31.6. The van der Waals surface area contributed by atoms with E-state index in [0.717, 1.165) is 0 Å². The summed E-state index contributed by atoms with van der Waals surface area (Å²) < 4.78 is 0. The van der Waals surface area contributed by atoms with Crippen LogP contribution in [0.15, 0.2) is 0 Å². The number of carbonyl (C=O) groups excluding carboxylic acids is 4. The minimum atomic E-state index is -1.09. The van der Waals surface area contributed by atoms with Crippen LogP contribution in [0.2, 0.25) is 0 Å². The molecule has 104 valence electrons. The van der Waals surface area contributed by atoms with E-state index in [1.54, 1.807) is 0 Å². The fraction of sp³-hybridized carbons (Fsp3) is 0.667. The first-order valence-corrected chi connectivity index (χ1v) is 5.64. The fourth-order valence-electron chi connectivity index (χ4n) is 0.963. The van der Waals surface area contributed by atoms with Gasteiger partial charge in [0.2, 0.25) is 0 Å². The predicted octanol–water partition coefficient (Wildman–Crippen LogP) is -1.39. The van der Waals surface area contributed by atoms with Gasteiger partial charge in [0.25, 0.3) is 0 Å². The van der Waals surface area contributed by atoms with E-state index in [2.05, 4.69) is 0 Å². The van der Waals surface area contributed by atoms with Gasteiger partial charge in [-0.05, 0) is 39.5 Å². The number of Topliss-reactive ketones (excluding diaryl/α,β-unsaturated/α-hetero) is 2. The second kappa shape index (κ2) is 15.1. The third-order valence-electron chi connectivity index (χ3n) is 1.82. The molecule has 6 nitrogen and oxygen atoms in total. The van der Waals surface area contributed by atoms with E-state index < -0.39 is 11.9 Å². The van der Waals surface area contributed by atoms with Crippen molar-refractivity contribution in [2.75, 3.05) is 0 Å². The SMILES string of the molecule is CC(=O)CCCC(=O)[O-].CC(=O)CCCC(=O)[O-].[Mg+2]. The smallest absolute Gasteiger partial charge is 0.550 e. The van der Waals surface area contributed by atoms with Crippen LogP contribution < -0.4 is 10.2 Å². The Kier molecular flexibility index (Phi) is 18.4. The summed E-state index contributed by atoms with van der Waals surface area (Å²) in [5.41, 5.74) is 0. The molecule has 0 aliphatic carbocycles. The van der Waals surface area contributed by atoms with E-state index in [1.807, 2.05) is 0 Å². The second-order valence-corrected chi connectivity index (χ2v) is 3.86. The van der Waals surface area contributed by atoms with Gasteiger partial charge in [-0.25, -0.2) is 0 Å². The van der Waals surface area contributed by atoms with Crippen molar-refractivity contribution in [3.63, 3.8) is 0 Å². The Morgan fingerprint density at radius 3 is 1.11 bits per heavy atom. The van der Waals surface area contributed by atoms with Gasteiger partial charge in [0.15, 0.2) is 0 Å². The molecule has 0 aliphatic rings. The van der Waals surface area contributed by atoms with Gasteiger partial charge < -0.3 is 29.4 Å². The molecule has 0 saturated carbocycles. The van der Waals surface area contributed by atoms with Crippen LogP contribution in [-0.2, 0) is 19.2 Å². The fourth-order valence-corrected chi connectivity index (χ4v) is 0.963. The van der Waals surface area contributed by atoms with Gasteiger partial charge in [0.05, 0.1) is 0 Å². The van der Waals surface area contributed by atoms with Crippen LogP contribution in [0.4, 0.5) is 0 Å². The van der Waals surface area contributed by atoms with Gasteiger partial charge in [0.1, 0.15) is 11.6 Å². The summed E-state index contributed by atoms with van der Waals surface area (Å²) in [5, 5.41) is 19.5. The standard InChI is InChI=1S/2C6H10O3.Mg/c2*1-5(7)3-2-4-6(8)9;/h2*2-4H2,1H3,(H,8,9);/q;;+2/p-2. The summed E-state index contributed by atoms with van der Waals surface area (Å²) in [5.74, 6) is -2.12. The van der Waals surface area contributed by atoms with Crippen LogP contribution in [0.1, 0.15) is 52.4 Å². The van der Waals surface area contributed by atoms with E-state index in [-0.39, 0.29) is 47.5 Å². The first-order valence-electron chi connectivity index (χ1n) is 5.64. The molecular weight excluding hydrogens is 264 g/mol. The summed E-state index contributed by atoms with van der Waals surface area (Å²) in [7, 11) is 0. The van der Waals surface area contributed by atoms with Crippen LogP contribution >= 0.6 is 0 Å². The number of aliphatic carboxylic acids is 2. The topological polar surface area (TPSA) is 114 Å². The van der Waals surface area contributed by atoms with Crippen molar-refractivity contribution in [1.82, 2.24) is 0 Å². The van der Waals surface area contributed by atoms with E-state index in [9.17, 15) is 29.4 Å². The summed E-state index contributed by atoms with van der Waals surface area (Å²) in [6, 6.07) is 0. The number of hydrogen-bond acceptors (Lipinski definition) is 6. The molecule has 0 unspecified atom stereocenters. The minimum Gasteiger partial charge on any atom is -0.550 e. The van der Waals surface area contributed by atoms with Crippen molar-refractivity contribution >= 4 is 46.6 Å². The molecule has 0 saturated heterocycles. The average molecular weight is 283 g/mol. The quantitative estimate of drug-likeness (QED) is 0.506. The van der Waals surface area contributed by atoms with Crippen LogP contribution in [-0.4, -0.2) is 46.6 Å². The predicted molar refractivity (Wildman–Crippen MR) is 64.8 cm³/mol. The summed E-state index contributed by atoms with van der Waals surface area (Å²) >= 11 is 0. The van der Waals surface area contributed by atoms with E-state index >= 15 is 0 Å². The summed E-state index contributed by atoms with van der Waals surface area (Å²) in [6.45, 7) is 2.88. The molecule has 0 aromatic heterocycles. The molecule has 0 radical (unpaired) electrons. The first-order chi connectivity index (χ1) is 8.25. The molecule has 0 bridgehead atoms. The Bertz CT molecular complexity index is 243. The molecule has 0 aliphatic heterocycles. The molecule has 0 spiro atoms. The first kappa shape index (κ1) is 23.2. The second-order valence-electron chi connectivity index (χ2n) is 3.86. The van der Waals surface area contributed by atoms with Crippen LogP contribution in [0.5, 0.6) is 0 Å². The maximum Gasteiger partial charge on any atom is 2.00 e. The zero-order valence-corrected chi connectivity index (χ0v) is 12.8. The average Bonchev–Trinajstić information content (AvgIpc) is 2.15. The van der Waals surface area contributed by atoms with Gasteiger partial charge in [-0.2, -0.15) is 0 Å². The largest absolute Gasteiger partial charge is 2.00 e. The Balaban J connectivity index is -0.000000256. The molecule has 0 atom stereocenters. The number of rotatable bonds is 8. The molecule has 0 heterocycles. The minimum absolute atomic E-state index is 0. The number of ketones is 2. The zero-order valence-electron chi connectivity index (χ0n) is 11.4. The Morgan fingerprint density at radius 1 is 0.684 bits per heavy atom. The van der Waals surface area contributed by atoms with E-state index in [0.29, 0.717) is 25.7 Å². The molecule has 0 rings (SSSR count). The van der Waals surface area contributed by atoms with Crippen LogP contribution in [0, 0.1) is 0 Å². The third-order valence-corrected chi connectivity index (χ3v) is 1.82. The normalized spacial score (nSPS) is 8.53. The van der Waals surface area contributed by atoms with Crippen molar-refractivity contribution in [1.29, 1.82) is 0 Å². The number of carbonyl (C=O) groups is 4. The van der Waals surface area contributed by atoms with Gasteiger partial charge in [-0.15, -0.1) is 0 Å². The molecule has 0 aromatic rings. The maximum absolute atomic E-state index is 10.2. The number of carboxylic acid groups (broad SMARTS) is 2. The Hall–Kier alpha value is -0.954. The van der Waals surface area contributed by atoms with Crippen LogP contribution in [0.25, 0.3) is 0 Å². The number of hydrogen-bond donors (Lipinski definition) is 0. The zero-order chi connectivity index (χ0) is 14.6. The monoisotopic (exact) mass is 282 g/mol. The van der Waals surface area contributed by atoms with E-state index in [4.69, 9.17) is 0 Å². The number of carboxylic acids is 2. The molecule has 19 heavy (non-hydrogen) atoms. The molecule has 0 fully saturated rings. The summed E-state index contributed by atoms with van der Waals surface area (Å²) in [6.07, 6.45) is 1.45. The molecule has 7 heteroatoms. The maximum atomic E-state index is 10.2. The van der Waals surface area contributed by atoms with Crippen molar-refractivity contribution in [3.05, 3.63) is 0 Å². The van der Waals surface area contributed by atoms with Crippen molar-refractivity contribution in [3.8, 4) is 0 Å². The molecule has 0 N–H and O–H groups in total. The van der Waals surface area contributed by atoms with Gasteiger partial charge >= 0.3 is 23.1 Å². The summed E-state index contributed by atoms with van der Waals surface area (Å²) in [4.78, 5) is 39.9. The molecular formula is C12H18MgO6. The van der Waals surface area contributed by atoms with E-state index in [1.165, 1.54) is 13.8 Å². The van der Waals surface area contributed by atoms with Gasteiger partial charge in [0, 0.05) is 24.8 Å². The van der Waals surface area contributed by atoms with Crippen molar-refractivity contribution < 1.29 is 29.4 Å². The van der Waals surface area contributed by atoms with Gasteiger partial charge in [-0.3, -0.25) is 0 Å². The molecule has 0 amide bonds. The Labute approximate surface area is 128 Å². The van der Waals surface area contributed by atoms with Crippen molar-refractivity contribution in [2.45, 2.75) is 52.4 Å². The Morgan fingerprint density at radius 2 is 0.947 bits per heavy atom. The van der Waals surface area contributed by atoms with Crippen LogP contribution in [0.3, 0.4) is 0 Å². The molecule has 0 aromatic carbocycles.